The minimum Gasteiger partial charge on any atom is -0.370 e. The van der Waals surface area contributed by atoms with Gasteiger partial charge in [-0.2, -0.15) is 0 Å². The van der Waals surface area contributed by atoms with Gasteiger partial charge in [-0.15, -0.1) is 0 Å². The monoisotopic (exact) mass is 342 g/mol. The molecule has 0 saturated carbocycles. The van der Waals surface area contributed by atoms with E-state index in [1.807, 2.05) is 43.3 Å². The highest BCUT2D eigenvalue weighted by Crippen LogP contribution is 2.11. The highest BCUT2D eigenvalue weighted by molar-refractivity contribution is 5.79. The van der Waals surface area contributed by atoms with Crippen LogP contribution in [0.15, 0.2) is 41.4 Å². The summed E-state index contributed by atoms with van der Waals surface area (Å²) in [5.74, 6) is 0.0679. The third-order valence-electron chi connectivity index (χ3n) is 3.74. The molecule has 1 amide bonds. The van der Waals surface area contributed by atoms with Crippen LogP contribution < -0.4 is 22.1 Å². The molecule has 25 heavy (non-hydrogen) atoms. The second-order valence-corrected chi connectivity index (χ2v) is 6.02. The lowest BCUT2D eigenvalue weighted by molar-refractivity contribution is -0.120. The lowest BCUT2D eigenvalue weighted by atomic mass is 10.2. The Kier molecular flexibility index (Phi) is 7.16. The van der Waals surface area contributed by atoms with E-state index in [0.717, 1.165) is 29.4 Å². The van der Waals surface area contributed by atoms with Gasteiger partial charge < -0.3 is 22.1 Å². The molecule has 0 saturated heterocycles. The fraction of sp³-hybridized carbons (Fsp3) is 0.389. The molecular weight excluding hydrogens is 316 g/mol. The van der Waals surface area contributed by atoms with Crippen LogP contribution in [0.4, 0.5) is 0 Å². The Bertz CT molecular complexity index is 726. The zero-order valence-electron chi connectivity index (χ0n) is 14.5. The number of fused-ring (bicyclic) bond motifs is 1. The molecule has 0 aliphatic heterocycles. The fourth-order valence-corrected chi connectivity index (χ4v) is 2.51. The van der Waals surface area contributed by atoms with Crippen LogP contribution in [0.3, 0.4) is 0 Å². The first kappa shape index (κ1) is 18.7. The molecule has 1 atom stereocenters. The Balaban J connectivity index is 1.68. The van der Waals surface area contributed by atoms with Crippen molar-refractivity contribution in [3.63, 3.8) is 0 Å². The molecule has 1 aromatic carbocycles. The third kappa shape index (κ3) is 6.76. The molecule has 7 nitrogen and oxygen atoms in total. The number of aliphatic imine (C=N–C) groups is 1. The number of pyridine rings is 1. The van der Waals surface area contributed by atoms with E-state index < -0.39 is 0 Å². The lowest BCUT2D eigenvalue weighted by Gasteiger charge is -2.13. The number of rotatable bonds is 9. The van der Waals surface area contributed by atoms with E-state index in [2.05, 4.69) is 20.6 Å². The van der Waals surface area contributed by atoms with E-state index in [1.165, 1.54) is 0 Å². The standard InChI is InChI=1S/C18H26N6O/c1-13(5-4-10-22-18(19)20)23-17(25)12-21-11-15-9-8-14-6-2-3-7-16(14)24-15/h2-3,6-9,13,21H,4-5,10-12H2,1H3,(H,23,25)(H4,19,20,22). The van der Waals surface area contributed by atoms with Crippen molar-refractivity contribution in [3.8, 4) is 0 Å². The van der Waals surface area contributed by atoms with E-state index in [4.69, 9.17) is 11.5 Å². The predicted molar refractivity (Wildman–Crippen MR) is 101 cm³/mol. The molecule has 2 aromatic rings. The Morgan fingerprint density at radius 3 is 2.84 bits per heavy atom. The second-order valence-electron chi connectivity index (χ2n) is 6.02. The van der Waals surface area contributed by atoms with Gasteiger partial charge in [0.1, 0.15) is 0 Å². The maximum Gasteiger partial charge on any atom is 0.234 e. The molecule has 0 fully saturated rings. The first-order valence-electron chi connectivity index (χ1n) is 8.45. The predicted octanol–water partition coefficient (Wildman–Crippen LogP) is 0.883. The zero-order chi connectivity index (χ0) is 18.1. The molecular formula is C18H26N6O. The molecule has 0 radical (unpaired) electrons. The minimum absolute atomic E-state index is 0.0323. The number of nitrogens with one attached hydrogen (secondary N) is 2. The molecule has 134 valence electrons. The van der Waals surface area contributed by atoms with Crippen molar-refractivity contribution in [3.05, 3.63) is 42.1 Å². The third-order valence-corrected chi connectivity index (χ3v) is 3.74. The van der Waals surface area contributed by atoms with Gasteiger partial charge in [0.2, 0.25) is 5.91 Å². The number of aromatic nitrogens is 1. The van der Waals surface area contributed by atoms with E-state index >= 15 is 0 Å². The summed E-state index contributed by atoms with van der Waals surface area (Å²) in [6.07, 6.45) is 1.66. The fourth-order valence-electron chi connectivity index (χ4n) is 2.51. The number of hydrogen-bond acceptors (Lipinski definition) is 4. The molecule has 0 spiro atoms. The van der Waals surface area contributed by atoms with Gasteiger partial charge in [0.15, 0.2) is 5.96 Å². The summed E-state index contributed by atoms with van der Waals surface area (Å²) < 4.78 is 0. The number of amides is 1. The van der Waals surface area contributed by atoms with Crippen LogP contribution in [0, 0.1) is 0 Å². The van der Waals surface area contributed by atoms with Crippen LogP contribution in [0.25, 0.3) is 10.9 Å². The van der Waals surface area contributed by atoms with Crippen molar-refractivity contribution in [1.29, 1.82) is 0 Å². The average molecular weight is 342 g/mol. The molecule has 7 heteroatoms. The average Bonchev–Trinajstić information content (AvgIpc) is 2.58. The summed E-state index contributed by atoms with van der Waals surface area (Å²) in [5, 5.41) is 7.19. The van der Waals surface area contributed by atoms with Crippen molar-refractivity contribution < 1.29 is 4.79 Å². The number of benzene rings is 1. The van der Waals surface area contributed by atoms with Gasteiger partial charge in [-0.05, 0) is 31.9 Å². The Morgan fingerprint density at radius 1 is 1.24 bits per heavy atom. The molecule has 2 rings (SSSR count). The van der Waals surface area contributed by atoms with Crippen molar-refractivity contribution in [1.82, 2.24) is 15.6 Å². The summed E-state index contributed by atoms with van der Waals surface area (Å²) >= 11 is 0. The van der Waals surface area contributed by atoms with Crippen LogP contribution >= 0.6 is 0 Å². The lowest BCUT2D eigenvalue weighted by Crippen LogP contribution is -2.39. The summed E-state index contributed by atoms with van der Waals surface area (Å²) in [5.41, 5.74) is 12.4. The quantitative estimate of drug-likeness (QED) is 0.306. The molecule has 0 aliphatic carbocycles. The number of carbonyl (C=O) groups excluding carboxylic acids is 1. The van der Waals surface area contributed by atoms with Crippen LogP contribution in [-0.2, 0) is 11.3 Å². The van der Waals surface area contributed by atoms with Crippen LogP contribution in [0.1, 0.15) is 25.5 Å². The summed E-state index contributed by atoms with van der Waals surface area (Å²) in [4.78, 5) is 20.4. The van der Waals surface area contributed by atoms with E-state index in [9.17, 15) is 4.79 Å². The van der Waals surface area contributed by atoms with Crippen LogP contribution in [0.2, 0.25) is 0 Å². The summed E-state index contributed by atoms with van der Waals surface area (Å²) in [6, 6.07) is 12.1. The van der Waals surface area contributed by atoms with E-state index in [1.54, 1.807) is 0 Å². The minimum atomic E-state index is -0.0323. The van der Waals surface area contributed by atoms with Gasteiger partial charge in [-0.3, -0.25) is 14.8 Å². The highest BCUT2D eigenvalue weighted by Gasteiger charge is 2.07. The number of hydrogen-bond donors (Lipinski definition) is 4. The van der Waals surface area contributed by atoms with Crippen molar-refractivity contribution in [2.75, 3.05) is 13.1 Å². The van der Waals surface area contributed by atoms with Gasteiger partial charge in [-0.1, -0.05) is 24.3 Å². The second kappa shape index (κ2) is 9.58. The number of carbonyl (C=O) groups is 1. The molecule has 0 aliphatic rings. The summed E-state index contributed by atoms with van der Waals surface area (Å²) in [6.45, 7) is 3.36. The number of nitrogens with two attached hydrogens (primary N) is 2. The van der Waals surface area contributed by atoms with Crippen molar-refractivity contribution in [2.24, 2.45) is 16.5 Å². The first-order chi connectivity index (χ1) is 12.0. The van der Waals surface area contributed by atoms with Gasteiger partial charge in [0.05, 0.1) is 17.8 Å². The first-order valence-corrected chi connectivity index (χ1v) is 8.45. The Labute approximate surface area is 147 Å². The Morgan fingerprint density at radius 2 is 2.04 bits per heavy atom. The zero-order valence-corrected chi connectivity index (χ0v) is 14.5. The van der Waals surface area contributed by atoms with Crippen molar-refractivity contribution in [2.45, 2.75) is 32.4 Å². The van der Waals surface area contributed by atoms with Gasteiger partial charge in [-0.25, -0.2) is 0 Å². The van der Waals surface area contributed by atoms with E-state index in [0.29, 0.717) is 13.1 Å². The smallest absolute Gasteiger partial charge is 0.234 e. The van der Waals surface area contributed by atoms with Gasteiger partial charge in [0, 0.05) is 24.5 Å². The van der Waals surface area contributed by atoms with Crippen LogP contribution in [-0.4, -0.2) is 36.0 Å². The number of para-hydroxylation sites is 1. The molecule has 1 unspecified atom stereocenters. The molecule has 6 N–H and O–H groups in total. The molecule has 1 heterocycles. The highest BCUT2D eigenvalue weighted by atomic mass is 16.1. The van der Waals surface area contributed by atoms with Gasteiger partial charge >= 0.3 is 0 Å². The normalized spacial score (nSPS) is 11.9. The SMILES string of the molecule is CC(CCCN=C(N)N)NC(=O)CNCc1ccc2ccccc2n1. The largest absolute Gasteiger partial charge is 0.370 e. The Hall–Kier alpha value is -2.67. The van der Waals surface area contributed by atoms with E-state index in [-0.39, 0.29) is 24.5 Å². The van der Waals surface area contributed by atoms with Crippen molar-refractivity contribution >= 4 is 22.8 Å². The summed E-state index contributed by atoms with van der Waals surface area (Å²) in [7, 11) is 0. The maximum atomic E-state index is 11.9. The maximum absolute atomic E-state index is 11.9. The van der Waals surface area contributed by atoms with Gasteiger partial charge in [0.25, 0.3) is 0 Å². The molecule has 1 aromatic heterocycles. The number of guanidine groups is 1. The van der Waals surface area contributed by atoms with Crippen LogP contribution in [0.5, 0.6) is 0 Å². The number of nitrogens with zero attached hydrogens (tertiary/aromatic N) is 2. The topological polar surface area (TPSA) is 118 Å². The molecule has 0 bridgehead atoms.